The molecule has 0 saturated carbocycles. The lowest BCUT2D eigenvalue weighted by Gasteiger charge is -2.12. The van der Waals surface area contributed by atoms with Gasteiger partial charge in [-0.25, -0.2) is 0 Å². The zero-order chi connectivity index (χ0) is 9.68. The molecule has 0 N–H and O–H groups in total. The van der Waals surface area contributed by atoms with Crippen molar-refractivity contribution in [3.8, 4) is 11.8 Å². The fraction of sp³-hybridized carbons (Fsp3) is 0.364. The Labute approximate surface area is 78.8 Å². The van der Waals surface area contributed by atoms with Crippen LogP contribution < -0.4 is 4.74 Å². The van der Waals surface area contributed by atoms with Crippen LogP contribution in [-0.2, 0) is 0 Å². The molecule has 0 amide bonds. The van der Waals surface area contributed by atoms with E-state index in [4.69, 9.17) is 10.00 Å². The molecule has 0 unspecified atom stereocenters. The molecule has 0 aromatic heterocycles. The lowest BCUT2D eigenvalue weighted by atomic mass is 10.2. The van der Waals surface area contributed by atoms with E-state index >= 15 is 0 Å². The van der Waals surface area contributed by atoms with E-state index in [-0.39, 0.29) is 6.10 Å². The SMILES string of the molecule is CC[C@@H](C)Oc1ccccc1C#N. The summed E-state index contributed by atoms with van der Waals surface area (Å²) in [4.78, 5) is 0. The second-order valence-corrected chi connectivity index (χ2v) is 2.94. The summed E-state index contributed by atoms with van der Waals surface area (Å²) < 4.78 is 5.56. The van der Waals surface area contributed by atoms with Gasteiger partial charge < -0.3 is 4.74 Å². The Kier molecular flexibility index (Phi) is 3.33. The molecular formula is C11H13NO. The van der Waals surface area contributed by atoms with Crippen LogP contribution in [0.1, 0.15) is 25.8 Å². The third-order valence-corrected chi connectivity index (χ3v) is 1.91. The van der Waals surface area contributed by atoms with Gasteiger partial charge in [-0.2, -0.15) is 5.26 Å². The van der Waals surface area contributed by atoms with E-state index in [1.807, 2.05) is 25.1 Å². The Morgan fingerprint density at radius 1 is 1.46 bits per heavy atom. The molecule has 0 bridgehead atoms. The van der Waals surface area contributed by atoms with Crippen LogP contribution in [0.4, 0.5) is 0 Å². The highest BCUT2D eigenvalue weighted by atomic mass is 16.5. The van der Waals surface area contributed by atoms with Crippen LogP contribution in [0, 0.1) is 11.3 Å². The number of nitriles is 1. The summed E-state index contributed by atoms with van der Waals surface area (Å²) in [6.07, 6.45) is 1.11. The summed E-state index contributed by atoms with van der Waals surface area (Å²) in [5.74, 6) is 0.680. The van der Waals surface area contributed by atoms with E-state index in [1.165, 1.54) is 0 Å². The van der Waals surface area contributed by atoms with E-state index in [0.29, 0.717) is 11.3 Å². The number of hydrogen-bond donors (Lipinski definition) is 0. The van der Waals surface area contributed by atoms with E-state index in [2.05, 4.69) is 13.0 Å². The number of ether oxygens (including phenoxy) is 1. The zero-order valence-corrected chi connectivity index (χ0v) is 7.95. The van der Waals surface area contributed by atoms with Crippen LogP contribution in [-0.4, -0.2) is 6.10 Å². The van der Waals surface area contributed by atoms with Gasteiger partial charge in [-0.3, -0.25) is 0 Å². The predicted molar refractivity (Wildman–Crippen MR) is 51.5 cm³/mol. The topological polar surface area (TPSA) is 33.0 Å². The van der Waals surface area contributed by atoms with Crippen LogP contribution in [0.5, 0.6) is 5.75 Å². The Balaban J connectivity index is 2.82. The van der Waals surface area contributed by atoms with Crippen molar-refractivity contribution in [2.45, 2.75) is 26.4 Å². The van der Waals surface area contributed by atoms with Crippen LogP contribution in [0.15, 0.2) is 24.3 Å². The van der Waals surface area contributed by atoms with Gasteiger partial charge in [0.15, 0.2) is 0 Å². The Bertz CT molecular complexity index is 314. The molecule has 2 nitrogen and oxygen atoms in total. The molecule has 1 rings (SSSR count). The maximum atomic E-state index is 8.77. The lowest BCUT2D eigenvalue weighted by Crippen LogP contribution is -2.10. The zero-order valence-electron chi connectivity index (χ0n) is 7.95. The number of hydrogen-bond acceptors (Lipinski definition) is 2. The average molecular weight is 175 g/mol. The maximum Gasteiger partial charge on any atom is 0.137 e. The Hall–Kier alpha value is -1.49. The van der Waals surface area contributed by atoms with Crippen molar-refractivity contribution in [1.29, 1.82) is 5.26 Å². The number of benzene rings is 1. The second-order valence-electron chi connectivity index (χ2n) is 2.94. The minimum Gasteiger partial charge on any atom is -0.489 e. The summed E-state index contributed by atoms with van der Waals surface area (Å²) in [5, 5.41) is 8.77. The van der Waals surface area contributed by atoms with Gasteiger partial charge in [0.25, 0.3) is 0 Å². The molecule has 0 spiro atoms. The van der Waals surface area contributed by atoms with Crippen molar-refractivity contribution in [2.75, 3.05) is 0 Å². The first-order chi connectivity index (χ1) is 6.27. The molecule has 1 aromatic carbocycles. The first kappa shape index (κ1) is 9.60. The molecular weight excluding hydrogens is 162 g/mol. The number of rotatable bonds is 3. The summed E-state index contributed by atoms with van der Waals surface area (Å²) in [5.41, 5.74) is 0.600. The first-order valence-electron chi connectivity index (χ1n) is 4.43. The predicted octanol–water partition coefficient (Wildman–Crippen LogP) is 2.74. The number of nitrogens with zero attached hydrogens (tertiary/aromatic N) is 1. The first-order valence-corrected chi connectivity index (χ1v) is 4.43. The molecule has 13 heavy (non-hydrogen) atoms. The van der Waals surface area contributed by atoms with E-state index in [9.17, 15) is 0 Å². The van der Waals surface area contributed by atoms with Crippen LogP contribution in [0.25, 0.3) is 0 Å². The molecule has 0 aliphatic heterocycles. The largest absolute Gasteiger partial charge is 0.489 e. The monoisotopic (exact) mass is 175 g/mol. The maximum absolute atomic E-state index is 8.77. The average Bonchev–Trinajstić information content (AvgIpc) is 2.18. The lowest BCUT2D eigenvalue weighted by molar-refractivity contribution is 0.217. The fourth-order valence-corrected chi connectivity index (χ4v) is 0.962. The van der Waals surface area contributed by atoms with Crippen molar-refractivity contribution in [1.82, 2.24) is 0 Å². The van der Waals surface area contributed by atoms with Gasteiger partial charge in [-0.15, -0.1) is 0 Å². The van der Waals surface area contributed by atoms with Crippen molar-refractivity contribution in [3.63, 3.8) is 0 Å². The second kappa shape index (κ2) is 4.51. The molecule has 0 aliphatic carbocycles. The van der Waals surface area contributed by atoms with Crippen LogP contribution in [0.2, 0.25) is 0 Å². The highest BCUT2D eigenvalue weighted by Crippen LogP contribution is 2.18. The van der Waals surface area contributed by atoms with Crippen molar-refractivity contribution < 1.29 is 4.74 Å². The third kappa shape index (κ3) is 2.48. The van der Waals surface area contributed by atoms with Crippen molar-refractivity contribution >= 4 is 0 Å². The minimum atomic E-state index is 0.162. The van der Waals surface area contributed by atoms with Crippen molar-refractivity contribution in [3.05, 3.63) is 29.8 Å². The van der Waals surface area contributed by atoms with Crippen molar-refractivity contribution in [2.24, 2.45) is 0 Å². The minimum absolute atomic E-state index is 0.162. The smallest absolute Gasteiger partial charge is 0.137 e. The van der Waals surface area contributed by atoms with Gasteiger partial charge in [0.1, 0.15) is 11.8 Å². The summed E-state index contributed by atoms with van der Waals surface area (Å²) >= 11 is 0. The molecule has 1 atom stereocenters. The molecule has 2 heteroatoms. The van der Waals surface area contributed by atoms with E-state index in [0.717, 1.165) is 6.42 Å². The summed E-state index contributed by atoms with van der Waals surface area (Å²) in [6, 6.07) is 9.39. The Morgan fingerprint density at radius 2 is 2.15 bits per heavy atom. The molecule has 0 heterocycles. The molecule has 68 valence electrons. The van der Waals surface area contributed by atoms with E-state index < -0.39 is 0 Å². The normalized spacial score (nSPS) is 11.8. The molecule has 0 saturated heterocycles. The van der Waals surface area contributed by atoms with Gasteiger partial charge in [0, 0.05) is 0 Å². The van der Waals surface area contributed by atoms with Gasteiger partial charge in [0.2, 0.25) is 0 Å². The highest BCUT2D eigenvalue weighted by Gasteiger charge is 2.04. The highest BCUT2D eigenvalue weighted by molar-refractivity contribution is 5.42. The quantitative estimate of drug-likeness (QED) is 0.707. The molecule has 0 aliphatic rings. The standard InChI is InChI=1S/C11H13NO/c1-3-9(2)13-11-7-5-4-6-10(11)8-12/h4-7,9H,3H2,1-2H3/t9-/m1/s1. The van der Waals surface area contributed by atoms with Gasteiger partial charge in [-0.1, -0.05) is 19.1 Å². The fourth-order valence-electron chi connectivity index (χ4n) is 0.962. The molecule has 0 fully saturated rings. The van der Waals surface area contributed by atoms with Gasteiger partial charge in [-0.05, 0) is 25.5 Å². The van der Waals surface area contributed by atoms with E-state index in [1.54, 1.807) is 6.07 Å². The third-order valence-electron chi connectivity index (χ3n) is 1.91. The van der Waals surface area contributed by atoms with Gasteiger partial charge >= 0.3 is 0 Å². The molecule has 1 aromatic rings. The summed E-state index contributed by atoms with van der Waals surface area (Å²) in [7, 11) is 0. The Morgan fingerprint density at radius 3 is 2.77 bits per heavy atom. The summed E-state index contributed by atoms with van der Waals surface area (Å²) in [6.45, 7) is 4.05. The van der Waals surface area contributed by atoms with Gasteiger partial charge in [0.05, 0.1) is 11.7 Å². The van der Waals surface area contributed by atoms with Crippen LogP contribution in [0.3, 0.4) is 0 Å². The van der Waals surface area contributed by atoms with Crippen LogP contribution >= 0.6 is 0 Å². The molecule has 0 radical (unpaired) electrons. The number of para-hydroxylation sites is 1.